The van der Waals surface area contributed by atoms with Gasteiger partial charge in [0.1, 0.15) is 11.2 Å². The van der Waals surface area contributed by atoms with Gasteiger partial charge >= 0.3 is 0 Å². The molecule has 1 aromatic heterocycles. The third-order valence-corrected chi connectivity index (χ3v) is 6.83. The van der Waals surface area contributed by atoms with Crippen molar-refractivity contribution in [3.05, 3.63) is 140 Å². The first-order valence-electron chi connectivity index (χ1n) is 12.2. The van der Waals surface area contributed by atoms with Gasteiger partial charge in [-0.3, -0.25) is 0 Å². The molecule has 0 atom stereocenters. The Labute approximate surface area is 209 Å². The highest BCUT2D eigenvalue weighted by Crippen LogP contribution is 2.45. The summed E-state index contributed by atoms with van der Waals surface area (Å²) in [6.07, 6.45) is 0. The molecular formula is C34H23NO. The van der Waals surface area contributed by atoms with Crippen molar-refractivity contribution in [1.82, 2.24) is 0 Å². The van der Waals surface area contributed by atoms with E-state index in [1.54, 1.807) is 0 Å². The molecule has 0 aliphatic heterocycles. The van der Waals surface area contributed by atoms with Gasteiger partial charge in [-0.1, -0.05) is 97.1 Å². The lowest BCUT2D eigenvalue weighted by Gasteiger charge is -2.28. The lowest BCUT2D eigenvalue weighted by Crippen LogP contribution is -2.11. The normalized spacial score (nSPS) is 11.3. The number of rotatable bonds is 4. The molecule has 1 heterocycles. The second-order valence-corrected chi connectivity index (χ2v) is 9.00. The maximum absolute atomic E-state index is 6.49. The van der Waals surface area contributed by atoms with Gasteiger partial charge in [-0.25, -0.2) is 0 Å². The van der Waals surface area contributed by atoms with E-state index in [0.29, 0.717) is 0 Å². The lowest BCUT2D eigenvalue weighted by atomic mass is 9.97. The van der Waals surface area contributed by atoms with Gasteiger partial charge in [-0.05, 0) is 52.7 Å². The molecule has 0 amide bonds. The molecule has 0 saturated carbocycles. The first-order chi connectivity index (χ1) is 17.9. The zero-order valence-electron chi connectivity index (χ0n) is 19.6. The molecule has 0 bridgehead atoms. The summed E-state index contributed by atoms with van der Waals surface area (Å²) in [6, 6.07) is 48.9. The Morgan fingerprint density at radius 2 is 1.08 bits per heavy atom. The monoisotopic (exact) mass is 461 g/mol. The van der Waals surface area contributed by atoms with Crippen LogP contribution in [0.3, 0.4) is 0 Å². The van der Waals surface area contributed by atoms with Crippen molar-refractivity contribution < 1.29 is 4.42 Å². The molecule has 170 valence electrons. The Bertz CT molecular complexity index is 1780. The fourth-order valence-electron chi connectivity index (χ4n) is 5.20. The molecule has 0 saturated heterocycles. The summed E-state index contributed by atoms with van der Waals surface area (Å²) in [5.74, 6) is 0. The Morgan fingerprint density at radius 1 is 0.472 bits per heavy atom. The lowest BCUT2D eigenvalue weighted by molar-refractivity contribution is 0.669. The van der Waals surface area contributed by atoms with Gasteiger partial charge in [0.2, 0.25) is 0 Å². The molecule has 2 heteroatoms. The van der Waals surface area contributed by atoms with E-state index in [0.717, 1.165) is 44.6 Å². The van der Waals surface area contributed by atoms with Gasteiger partial charge in [0.15, 0.2) is 0 Å². The molecule has 0 radical (unpaired) electrons. The van der Waals surface area contributed by atoms with E-state index >= 15 is 0 Å². The van der Waals surface area contributed by atoms with Crippen molar-refractivity contribution in [2.24, 2.45) is 0 Å². The Kier molecular flexibility index (Phi) is 4.82. The van der Waals surface area contributed by atoms with Crippen LogP contribution < -0.4 is 4.90 Å². The van der Waals surface area contributed by atoms with Crippen LogP contribution in [0.5, 0.6) is 0 Å². The van der Waals surface area contributed by atoms with Gasteiger partial charge in [0.25, 0.3) is 0 Å². The molecule has 2 nitrogen and oxygen atoms in total. The van der Waals surface area contributed by atoms with Gasteiger partial charge in [0.05, 0.1) is 5.69 Å². The summed E-state index contributed by atoms with van der Waals surface area (Å²) in [6.45, 7) is 0. The molecule has 0 aliphatic carbocycles. The van der Waals surface area contributed by atoms with Crippen LogP contribution in [0.15, 0.2) is 144 Å². The van der Waals surface area contributed by atoms with E-state index in [1.165, 1.54) is 16.3 Å². The molecule has 0 aliphatic rings. The first-order valence-corrected chi connectivity index (χ1v) is 12.2. The molecule has 6 aromatic carbocycles. The van der Waals surface area contributed by atoms with Gasteiger partial charge in [0, 0.05) is 33.8 Å². The number of fused-ring (bicyclic) bond motifs is 5. The number of para-hydroxylation sites is 2. The van der Waals surface area contributed by atoms with Crippen molar-refractivity contribution in [1.29, 1.82) is 0 Å². The first kappa shape index (κ1) is 20.5. The zero-order chi connectivity index (χ0) is 23.9. The largest absolute Gasteiger partial charge is 0.456 e. The van der Waals surface area contributed by atoms with Gasteiger partial charge < -0.3 is 9.32 Å². The van der Waals surface area contributed by atoms with Crippen molar-refractivity contribution in [3.8, 4) is 11.1 Å². The van der Waals surface area contributed by atoms with Crippen LogP contribution in [0.1, 0.15) is 0 Å². The van der Waals surface area contributed by atoms with Crippen molar-refractivity contribution in [3.63, 3.8) is 0 Å². The minimum Gasteiger partial charge on any atom is -0.456 e. The summed E-state index contributed by atoms with van der Waals surface area (Å²) in [4.78, 5) is 2.31. The van der Waals surface area contributed by atoms with Crippen LogP contribution >= 0.6 is 0 Å². The van der Waals surface area contributed by atoms with E-state index in [9.17, 15) is 0 Å². The molecule has 7 aromatic rings. The zero-order valence-corrected chi connectivity index (χ0v) is 19.6. The van der Waals surface area contributed by atoms with Crippen molar-refractivity contribution >= 4 is 49.8 Å². The Balaban J connectivity index is 1.59. The fraction of sp³-hybridized carbons (Fsp3) is 0. The van der Waals surface area contributed by atoms with Crippen LogP contribution in [0.4, 0.5) is 17.1 Å². The highest BCUT2D eigenvalue weighted by molar-refractivity contribution is 6.20. The highest BCUT2D eigenvalue weighted by Gasteiger charge is 2.21. The molecule has 0 N–H and O–H groups in total. The van der Waals surface area contributed by atoms with Gasteiger partial charge in [-0.15, -0.1) is 0 Å². The number of nitrogens with zero attached hydrogens (tertiary/aromatic N) is 1. The predicted octanol–water partition coefficient (Wildman–Crippen LogP) is 9.88. The van der Waals surface area contributed by atoms with Crippen LogP contribution in [-0.4, -0.2) is 0 Å². The standard InChI is InChI=1S/C34H23NO/c1-4-12-24(13-5-1)29-22-30-33(36-32-21-20-25-14-10-11-19-28(25)34(30)32)23-31(29)35(26-15-6-2-7-16-26)27-17-8-3-9-18-27/h1-23H. The van der Waals surface area contributed by atoms with E-state index in [1.807, 2.05) is 0 Å². The van der Waals surface area contributed by atoms with Crippen LogP contribution in [0.25, 0.3) is 43.8 Å². The smallest absolute Gasteiger partial charge is 0.137 e. The average Bonchev–Trinajstić information content (AvgIpc) is 3.32. The maximum Gasteiger partial charge on any atom is 0.137 e. The number of hydrogen-bond donors (Lipinski definition) is 0. The molecular weight excluding hydrogens is 438 g/mol. The van der Waals surface area contributed by atoms with Crippen molar-refractivity contribution in [2.75, 3.05) is 4.90 Å². The minimum absolute atomic E-state index is 0.882. The summed E-state index contributed by atoms with van der Waals surface area (Å²) in [5.41, 5.74) is 7.39. The van der Waals surface area contributed by atoms with Crippen LogP contribution in [0.2, 0.25) is 0 Å². The molecule has 0 fully saturated rings. The SMILES string of the molecule is c1ccc(-c2cc3c(cc2N(c2ccccc2)c2ccccc2)oc2ccc4ccccc4c23)cc1. The van der Waals surface area contributed by atoms with Crippen LogP contribution in [0, 0.1) is 0 Å². The summed E-state index contributed by atoms with van der Waals surface area (Å²) < 4.78 is 6.49. The van der Waals surface area contributed by atoms with Crippen LogP contribution in [-0.2, 0) is 0 Å². The quantitative estimate of drug-likeness (QED) is 0.259. The fourth-order valence-corrected chi connectivity index (χ4v) is 5.20. The van der Waals surface area contributed by atoms with Gasteiger partial charge in [-0.2, -0.15) is 0 Å². The Hall–Kier alpha value is -4.82. The molecule has 36 heavy (non-hydrogen) atoms. The highest BCUT2D eigenvalue weighted by atomic mass is 16.3. The summed E-state index contributed by atoms with van der Waals surface area (Å²) >= 11 is 0. The second-order valence-electron chi connectivity index (χ2n) is 9.00. The van der Waals surface area contributed by atoms with E-state index < -0.39 is 0 Å². The van der Waals surface area contributed by atoms with E-state index in [4.69, 9.17) is 4.42 Å². The molecule has 0 spiro atoms. The Morgan fingerprint density at radius 3 is 1.78 bits per heavy atom. The summed E-state index contributed by atoms with van der Waals surface area (Å²) in [7, 11) is 0. The number of furan rings is 1. The minimum atomic E-state index is 0.882. The van der Waals surface area contributed by atoms with Crippen molar-refractivity contribution in [2.45, 2.75) is 0 Å². The number of hydrogen-bond acceptors (Lipinski definition) is 2. The second kappa shape index (κ2) is 8.44. The van der Waals surface area contributed by atoms with E-state index in [-0.39, 0.29) is 0 Å². The van der Waals surface area contributed by atoms with E-state index in [2.05, 4.69) is 144 Å². The third kappa shape index (κ3) is 3.35. The maximum atomic E-state index is 6.49. The topological polar surface area (TPSA) is 16.4 Å². The number of benzene rings is 6. The molecule has 7 rings (SSSR count). The third-order valence-electron chi connectivity index (χ3n) is 6.83. The summed E-state index contributed by atoms with van der Waals surface area (Å²) in [5, 5.41) is 4.72. The number of anilines is 3. The molecule has 0 unspecified atom stereocenters. The predicted molar refractivity (Wildman–Crippen MR) is 151 cm³/mol. The average molecular weight is 462 g/mol.